The van der Waals surface area contributed by atoms with E-state index in [1.807, 2.05) is 24.3 Å². The van der Waals surface area contributed by atoms with Gasteiger partial charge >= 0.3 is 0 Å². The first-order valence-corrected chi connectivity index (χ1v) is 5.67. The predicted molar refractivity (Wildman–Crippen MR) is 71.4 cm³/mol. The molecule has 0 bridgehead atoms. The van der Waals surface area contributed by atoms with Crippen molar-refractivity contribution in [1.29, 1.82) is 0 Å². The van der Waals surface area contributed by atoms with Gasteiger partial charge in [-0.1, -0.05) is 24.3 Å². The average Bonchev–Trinajstić information content (AvgIpc) is 2.36. The van der Waals surface area contributed by atoms with Gasteiger partial charge in [-0.15, -0.1) is 0 Å². The van der Waals surface area contributed by atoms with Gasteiger partial charge in [0, 0.05) is 5.69 Å². The molecule has 0 aliphatic heterocycles. The summed E-state index contributed by atoms with van der Waals surface area (Å²) in [5.41, 5.74) is 10.5. The van der Waals surface area contributed by atoms with E-state index in [2.05, 4.69) is 25.1 Å². The van der Waals surface area contributed by atoms with Crippen LogP contribution in [-0.2, 0) is 6.42 Å². The van der Waals surface area contributed by atoms with Crippen LogP contribution in [0, 0.1) is 6.92 Å². The summed E-state index contributed by atoms with van der Waals surface area (Å²) in [7, 11) is 1.68. The molecule has 17 heavy (non-hydrogen) atoms. The average molecular weight is 227 g/mol. The fraction of sp³-hybridized carbons (Fsp3) is 0.200. The third-order valence-electron chi connectivity index (χ3n) is 3.04. The van der Waals surface area contributed by atoms with E-state index in [1.165, 1.54) is 16.7 Å². The molecule has 0 saturated carbocycles. The maximum atomic E-state index is 5.90. The highest BCUT2D eigenvalue weighted by Crippen LogP contribution is 2.20. The molecule has 0 aliphatic carbocycles. The summed E-state index contributed by atoms with van der Waals surface area (Å²) in [6, 6.07) is 14.2. The molecule has 0 aliphatic rings. The van der Waals surface area contributed by atoms with Crippen LogP contribution < -0.4 is 10.5 Å². The Morgan fingerprint density at radius 2 is 1.76 bits per heavy atom. The summed E-state index contributed by atoms with van der Waals surface area (Å²) < 4.78 is 5.14. The summed E-state index contributed by atoms with van der Waals surface area (Å²) in [4.78, 5) is 0. The van der Waals surface area contributed by atoms with E-state index in [0.717, 1.165) is 17.9 Å². The van der Waals surface area contributed by atoms with Crippen molar-refractivity contribution in [3.05, 3.63) is 59.2 Å². The maximum absolute atomic E-state index is 5.90. The Bertz CT molecular complexity index is 503. The first kappa shape index (κ1) is 11.5. The lowest BCUT2D eigenvalue weighted by Crippen LogP contribution is -1.96. The van der Waals surface area contributed by atoms with E-state index < -0.39 is 0 Å². The van der Waals surface area contributed by atoms with E-state index in [0.29, 0.717) is 0 Å². The molecule has 0 amide bonds. The van der Waals surface area contributed by atoms with Crippen LogP contribution >= 0.6 is 0 Å². The van der Waals surface area contributed by atoms with Crippen LogP contribution in [0.4, 0.5) is 5.69 Å². The topological polar surface area (TPSA) is 35.2 Å². The van der Waals surface area contributed by atoms with Crippen molar-refractivity contribution in [2.45, 2.75) is 13.3 Å². The van der Waals surface area contributed by atoms with Crippen molar-refractivity contribution in [3.8, 4) is 5.75 Å². The van der Waals surface area contributed by atoms with Crippen molar-refractivity contribution in [1.82, 2.24) is 0 Å². The third kappa shape index (κ3) is 2.59. The zero-order valence-electron chi connectivity index (χ0n) is 10.2. The first-order chi connectivity index (χ1) is 8.20. The normalized spacial score (nSPS) is 10.2. The maximum Gasteiger partial charge on any atom is 0.118 e. The van der Waals surface area contributed by atoms with Gasteiger partial charge in [0.15, 0.2) is 0 Å². The van der Waals surface area contributed by atoms with Crippen molar-refractivity contribution >= 4 is 5.69 Å². The predicted octanol–water partition coefficient (Wildman–Crippen LogP) is 3.18. The van der Waals surface area contributed by atoms with E-state index >= 15 is 0 Å². The van der Waals surface area contributed by atoms with E-state index in [-0.39, 0.29) is 0 Å². The molecule has 88 valence electrons. The molecule has 2 aromatic rings. The lowest BCUT2D eigenvalue weighted by Gasteiger charge is -2.08. The zero-order valence-corrected chi connectivity index (χ0v) is 10.2. The number of rotatable bonds is 3. The summed E-state index contributed by atoms with van der Waals surface area (Å²) in [5.74, 6) is 0.887. The van der Waals surface area contributed by atoms with Gasteiger partial charge in [0.25, 0.3) is 0 Å². The van der Waals surface area contributed by atoms with E-state index in [9.17, 15) is 0 Å². The molecular weight excluding hydrogens is 210 g/mol. The van der Waals surface area contributed by atoms with Crippen molar-refractivity contribution < 1.29 is 4.74 Å². The van der Waals surface area contributed by atoms with Crippen molar-refractivity contribution in [2.75, 3.05) is 12.8 Å². The lowest BCUT2D eigenvalue weighted by atomic mass is 9.99. The molecule has 0 heterocycles. The van der Waals surface area contributed by atoms with Gasteiger partial charge in [-0.25, -0.2) is 0 Å². The van der Waals surface area contributed by atoms with Gasteiger partial charge in [-0.2, -0.15) is 0 Å². The first-order valence-electron chi connectivity index (χ1n) is 5.67. The number of hydrogen-bond donors (Lipinski definition) is 1. The van der Waals surface area contributed by atoms with Crippen LogP contribution in [0.5, 0.6) is 5.75 Å². The highest BCUT2D eigenvalue weighted by atomic mass is 16.5. The van der Waals surface area contributed by atoms with Crippen LogP contribution in [0.3, 0.4) is 0 Å². The highest BCUT2D eigenvalue weighted by Gasteiger charge is 2.02. The molecule has 0 fully saturated rings. The van der Waals surface area contributed by atoms with Crippen LogP contribution in [0.25, 0.3) is 0 Å². The molecule has 0 saturated heterocycles. The summed E-state index contributed by atoms with van der Waals surface area (Å²) in [5, 5.41) is 0. The minimum Gasteiger partial charge on any atom is -0.497 e. The second-order valence-electron chi connectivity index (χ2n) is 4.16. The molecule has 2 rings (SSSR count). The molecule has 0 radical (unpaired) electrons. The van der Waals surface area contributed by atoms with Crippen LogP contribution in [0.2, 0.25) is 0 Å². The van der Waals surface area contributed by atoms with Gasteiger partial charge in [-0.05, 0) is 48.2 Å². The Balaban J connectivity index is 2.22. The number of anilines is 1. The highest BCUT2D eigenvalue weighted by molar-refractivity contribution is 5.51. The molecule has 2 heteroatoms. The van der Waals surface area contributed by atoms with Gasteiger partial charge in [0.2, 0.25) is 0 Å². The second-order valence-corrected chi connectivity index (χ2v) is 4.16. The summed E-state index contributed by atoms with van der Waals surface area (Å²) in [6.07, 6.45) is 0.904. The van der Waals surface area contributed by atoms with E-state index in [1.54, 1.807) is 7.11 Å². The van der Waals surface area contributed by atoms with E-state index in [4.69, 9.17) is 10.5 Å². The largest absolute Gasteiger partial charge is 0.497 e. The van der Waals surface area contributed by atoms with Gasteiger partial charge < -0.3 is 10.5 Å². The number of hydrogen-bond acceptors (Lipinski definition) is 2. The van der Waals surface area contributed by atoms with Crippen LogP contribution in [0.1, 0.15) is 16.7 Å². The molecule has 0 spiro atoms. The molecule has 2 N–H and O–H groups in total. The molecular formula is C15H17NO. The molecule has 0 atom stereocenters. The minimum atomic E-state index is 0.857. The van der Waals surface area contributed by atoms with Crippen LogP contribution in [0.15, 0.2) is 42.5 Å². The summed E-state index contributed by atoms with van der Waals surface area (Å²) in [6.45, 7) is 2.06. The fourth-order valence-corrected chi connectivity index (χ4v) is 1.86. The third-order valence-corrected chi connectivity index (χ3v) is 3.04. The van der Waals surface area contributed by atoms with Crippen LogP contribution in [-0.4, -0.2) is 7.11 Å². The number of nitrogens with two attached hydrogens (primary N) is 1. The second kappa shape index (κ2) is 4.91. The van der Waals surface area contributed by atoms with Gasteiger partial charge in [-0.3, -0.25) is 0 Å². The Morgan fingerprint density at radius 1 is 1.06 bits per heavy atom. The number of ether oxygens (including phenoxy) is 1. The zero-order chi connectivity index (χ0) is 12.3. The summed E-state index contributed by atoms with van der Waals surface area (Å²) >= 11 is 0. The molecule has 0 aromatic heterocycles. The number of nitrogen functional groups attached to an aromatic ring is 1. The van der Waals surface area contributed by atoms with Gasteiger partial charge in [0.05, 0.1) is 7.11 Å². The lowest BCUT2D eigenvalue weighted by molar-refractivity contribution is 0.414. The Labute approximate surface area is 102 Å². The SMILES string of the molecule is COc1ccc(Cc2cccc(N)c2C)cc1. The fourth-order valence-electron chi connectivity index (χ4n) is 1.86. The monoisotopic (exact) mass is 227 g/mol. The smallest absolute Gasteiger partial charge is 0.118 e. The van der Waals surface area contributed by atoms with Crippen molar-refractivity contribution in [2.24, 2.45) is 0 Å². The minimum absolute atomic E-state index is 0.857. The Kier molecular flexibility index (Phi) is 3.33. The molecule has 2 aromatic carbocycles. The number of methoxy groups -OCH3 is 1. The van der Waals surface area contributed by atoms with Gasteiger partial charge in [0.1, 0.15) is 5.75 Å². The van der Waals surface area contributed by atoms with Crippen molar-refractivity contribution in [3.63, 3.8) is 0 Å². The molecule has 2 nitrogen and oxygen atoms in total. The molecule has 0 unspecified atom stereocenters. The standard InChI is InChI=1S/C15H17NO/c1-11-13(4-3-5-15(11)16)10-12-6-8-14(17-2)9-7-12/h3-9H,10,16H2,1-2H3. The Morgan fingerprint density at radius 3 is 2.41 bits per heavy atom. The number of benzene rings is 2. The Hall–Kier alpha value is -1.96. The quantitative estimate of drug-likeness (QED) is 0.817.